The summed E-state index contributed by atoms with van der Waals surface area (Å²) in [5, 5.41) is 7.33. The van der Waals surface area contributed by atoms with E-state index in [2.05, 4.69) is 21.7 Å². The molecule has 2 aromatic rings. The molecule has 0 saturated carbocycles. The standard InChI is InChI=1S/C20H25ClN4O2.HI/c1-23-20(25-12-10-16-3-2-4-17(21)13-16)24-11-9-15-5-7-18(8-6-15)27-14-19(22)26;/h2-8,13H,9-12,14H2,1H3,(H2,22,26)(H2,23,24,25);1H. The number of benzene rings is 2. The fraction of sp³-hybridized carbons (Fsp3) is 0.300. The van der Waals surface area contributed by atoms with E-state index in [9.17, 15) is 4.79 Å². The summed E-state index contributed by atoms with van der Waals surface area (Å²) < 4.78 is 5.24. The van der Waals surface area contributed by atoms with E-state index in [0.29, 0.717) is 5.75 Å². The highest BCUT2D eigenvalue weighted by Crippen LogP contribution is 2.12. The second kappa shape index (κ2) is 13.2. The van der Waals surface area contributed by atoms with Gasteiger partial charge in [-0.1, -0.05) is 35.9 Å². The van der Waals surface area contributed by atoms with Crippen molar-refractivity contribution in [3.8, 4) is 5.75 Å². The van der Waals surface area contributed by atoms with Crippen molar-refractivity contribution in [2.45, 2.75) is 12.8 Å². The second-order valence-electron chi connectivity index (χ2n) is 5.95. The maximum Gasteiger partial charge on any atom is 0.255 e. The Bertz CT molecular complexity index is 769. The number of nitrogens with one attached hydrogen (secondary N) is 2. The van der Waals surface area contributed by atoms with E-state index >= 15 is 0 Å². The minimum absolute atomic E-state index is 0. The molecule has 6 nitrogen and oxygen atoms in total. The number of rotatable bonds is 9. The molecule has 0 aromatic heterocycles. The van der Waals surface area contributed by atoms with Crippen LogP contribution in [0.2, 0.25) is 5.02 Å². The summed E-state index contributed by atoms with van der Waals surface area (Å²) in [6, 6.07) is 15.4. The van der Waals surface area contributed by atoms with Crippen LogP contribution < -0.4 is 21.1 Å². The molecule has 0 spiro atoms. The lowest BCUT2D eigenvalue weighted by Crippen LogP contribution is -2.39. The van der Waals surface area contributed by atoms with Gasteiger partial charge in [0, 0.05) is 25.2 Å². The lowest BCUT2D eigenvalue weighted by Gasteiger charge is -2.12. The summed E-state index contributed by atoms with van der Waals surface area (Å²) in [6.45, 7) is 1.41. The lowest BCUT2D eigenvalue weighted by molar-refractivity contribution is -0.119. The molecule has 0 unspecified atom stereocenters. The number of nitrogens with zero attached hydrogens (tertiary/aromatic N) is 1. The topological polar surface area (TPSA) is 88.7 Å². The molecule has 0 atom stereocenters. The van der Waals surface area contributed by atoms with E-state index < -0.39 is 5.91 Å². The fourth-order valence-corrected chi connectivity index (χ4v) is 2.68. The summed E-state index contributed by atoms with van der Waals surface area (Å²) >= 11 is 6.00. The average molecular weight is 517 g/mol. The SMILES string of the molecule is CN=C(NCCc1ccc(OCC(N)=O)cc1)NCCc1cccc(Cl)c1.I. The molecule has 0 aliphatic heterocycles. The first-order valence-corrected chi connectivity index (χ1v) is 9.13. The Hall–Kier alpha value is -2.00. The molecular weight excluding hydrogens is 491 g/mol. The van der Waals surface area contributed by atoms with Gasteiger partial charge in [-0.2, -0.15) is 0 Å². The van der Waals surface area contributed by atoms with Gasteiger partial charge in [-0.05, 0) is 48.2 Å². The number of aliphatic imine (C=N–C) groups is 1. The monoisotopic (exact) mass is 516 g/mol. The largest absolute Gasteiger partial charge is 0.484 e. The zero-order valence-corrected chi connectivity index (χ0v) is 18.9. The van der Waals surface area contributed by atoms with Gasteiger partial charge in [-0.15, -0.1) is 24.0 Å². The molecule has 152 valence electrons. The minimum atomic E-state index is -0.488. The van der Waals surface area contributed by atoms with Gasteiger partial charge in [0.1, 0.15) is 5.75 Å². The van der Waals surface area contributed by atoms with Crippen molar-refractivity contribution in [2.75, 3.05) is 26.7 Å². The highest BCUT2D eigenvalue weighted by atomic mass is 127. The summed E-state index contributed by atoms with van der Waals surface area (Å²) in [5.41, 5.74) is 7.40. The predicted octanol–water partition coefficient (Wildman–Crippen LogP) is 2.77. The van der Waals surface area contributed by atoms with Crippen LogP contribution in [0, 0.1) is 0 Å². The Balaban J connectivity index is 0.00000392. The number of halogens is 2. The molecule has 8 heteroatoms. The third-order valence-electron chi connectivity index (χ3n) is 3.83. The lowest BCUT2D eigenvalue weighted by atomic mass is 10.1. The first-order chi connectivity index (χ1) is 13.1. The van der Waals surface area contributed by atoms with Crippen molar-refractivity contribution in [3.05, 3.63) is 64.7 Å². The summed E-state index contributed by atoms with van der Waals surface area (Å²) in [6.07, 6.45) is 1.71. The maximum absolute atomic E-state index is 10.7. The van der Waals surface area contributed by atoms with Crippen LogP contribution in [0.5, 0.6) is 5.75 Å². The Labute approximate surface area is 187 Å². The van der Waals surface area contributed by atoms with E-state index in [0.717, 1.165) is 42.5 Å². The van der Waals surface area contributed by atoms with Crippen molar-refractivity contribution in [2.24, 2.45) is 10.7 Å². The van der Waals surface area contributed by atoms with Crippen molar-refractivity contribution < 1.29 is 9.53 Å². The molecular formula is C20H26ClIN4O2. The molecule has 0 aliphatic carbocycles. The first-order valence-electron chi connectivity index (χ1n) is 8.76. The Morgan fingerprint density at radius 1 is 1.07 bits per heavy atom. The smallest absolute Gasteiger partial charge is 0.255 e. The van der Waals surface area contributed by atoms with Gasteiger partial charge < -0.3 is 21.1 Å². The van der Waals surface area contributed by atoms with Gasteiger partial charge in [0.05, 0.1) is 0 Å². The van der Waals surface area contributed by atoms with Gasteiger partial charge in [0.25, 0.3) is 5.91 Å². The number of hydrogen-bond acceptors (Lipinski definition) is 3. The number of ether oxygens (including phenoxy) is 1. The highest BCUT2D eigenvalue weighted by Gasteiger charge is 2.01. The van der Waals surface area contributed by atoms with Crippen LogP contribution >= 0.6 is 35.6 Å². The normalized spacial score (nSPS) is 10.7. The number of hydrogen-bond donors (Lipinski definition) is 3. The molecule has 28 heavy (non-hydrogen) atoms. The molecule has 2 aromatic carbocycles. The van der Waals surface area contributed by atoms with E-state index in [1.165, 1.54) is 5.56 Å². The Morgan fingerprint density at radius 2 is 1.71 bits per heavy atom. The van der Waals surface area contributed by atoms with Crippen LogP contribution in [0.25, 0.3) is 0 Å². The van der Waals surface area contributed by atoms with E-state index in [1.54, 1.807) is 7.05 Å². The number of amides is 1. The maximum atomic E-state index is 10.7. The second-order valence-corrected chi connectivity index (χ2v) is 6.39. The highest BCUT2D eigenvalue weighted by molar-refractivity contribution is 14.0. The zero-order valence-electron chi connectivity index (χ0n) is 15.8. The molecule has 2 rings (SSSR count). The fourth-order valence-electron chi connectivity index (χ4n) is 2.47. The third-order valence-corrected chi connectivity index (χ3v) is 4.06. The van der Waals surface area contributed by atoms with Crippen molar-refractivity contribution in [1.29, 1.82) is 0 Å². The number of carbonyl (C=O) groups is 1. The summed E-state index contributed by atoms with van der Waals surface area (Å²) in [5.74, 6) is 0.903. The van der Waals surface area contributed by atoms with Crippen LogP contribution in [-0.4, -0.2) is 38.6 Å². The number of nitrogens with two attached hydrogens (primary N) is 1. The molecule has 0 saturated heterocycles. The number of guanidine groups is 1. The van der Waals surface area contributed by atoms with Gasteiger partial charge in [-0.25, -0.2) is 0 Å². The summed E-state index contributed by atoms with van der Waals surface area (Å²) in [4.78, 5) is 14.9. The van der Waals surface area contributed by atoms with Crippen LogP contribution in [0.3, 0.4) is 0 Å². The molecule has 0 fully saturated rings. The Morgan fingerprint density at radius 3 is 2.29 bits per heavy atom. The van der Waals surface area contributed by atoms with Crippen molar-refractivity contribution in [3.63, 3.8) is 0 Å². The van der Waals surface area contributed by atoms with Gasteiger partial charge in [0.2, 0.25) is 0 Å². The minimum Gasteiger partial charge on any atom is -0.484 e. The van der Waals surface area contributed by atoms with Crippen molar-refractivity contribution >= 4 is 47.4 Å². The van der Waals surface area contributed by atoms with E-state index in [1.807, 2.05) is 42.5 Å². The molecule has 0 aliphatic rings. The summed E-state index contributed by atoms with van der Waals surface area (Å²) in [7, 11) is 1.75. The average Bonchev–Trinajstić information content (AvgIpc) is 2.66. The Kier molecular flexibility index (Phi) is 11.4. The van der Waals surface area contributed by atoms with Crippen molar-refractivity contribution in [1.82, 2.24) is 10.6 Å². The third kappa shape index (κ3) is 9.27. The van der Waals surface area contributed by atoms with E-state index in [-0.39, 0.29) is 30.6 Å². The number of primary amides is 1. The number of carbonyl (C=O) groups excluding carboxylic acids is 1. The van der Waals surface area contributed by atoms with Crippen LogP contribution in [0.1, 0.15) is 11.1 Å². The van der Waals surface area contributed by atoms with Gasteiger partial charge in [0.15, 0.2) is 12.6 Å². The molecule has 4 N–H and O–H groups in total. The quantitative estimate of drug-likeness (QED) is 0.272. The van der Waals surface area contributed by atoms with Crippen LogP contribution in [-0.2, 0) is 17.6 Å². The van der Waals surface area contributed by atoms with Crippen LogP contribution in [0.4, 0.5) is 0 Å². The first kappa shape index (κ1) is 24.0. The van der Waals surface area contributed by atoms with Crippen LogP contribution in [0.15, 0.2) is 53.5 Å². The molecule has 0 bridgehead atoms. The van der Waals surface area contributed by atoms with Gasteiger partial charge >= 0.3 is 0 Å². The van der Waals surface area contributed by atoms with Gasteiger partial charge in [-0.3, -0.25) is 9.79 Å². The molecule has 0 heterocycles. The molecule has 0 radical (unpaired) electrons. The molecule has 1 amide bonds. The predicted molar refractivity (Wildman–Crippen MR) is 125 cm³/mol. The van der Waals surface area contributed by atoms with E-state index in [4.69, 9.17) is 22.1 Å². The zero-order chi connectivity index (χ0) is 19.5.